The van der Waals surface area contributed by atoms with E-state index in [1.807, 2.05) is 30.3 Å². The number of alkyl halides is 6. The number of hydrogen-bond donors (Lipinski definition) is 4. The Labute approximate surface area is 293 Å². The van der Waals surface area contributed by atoms with Crippen molar-refractivity contribution in [3.05, 3.63) is 62.2 Å². The predicted octanol–water partition coefficient (Wildman–Crippen LogP) is 6.10. The summed E-state index contributed by atoms with van der Waals surface area (Å²) < 4.78 is 67.8. The zero-order valence-electron chi connectivity index (χ0n) is 27.0. The van der Waals surface area contributed by atoms with Gasteiger partial charge < -0.3 is 25.6 Å². The highest BCUT2D eigenvalue weighted by molar-refractivity contribution is 7.16. The summed E-state index contributed by atoms with van der Waals surface area (Å²) in [6, 6.07) is 11.7. The number of H-pyrrole nitrogens is 1. The number of benzene rings is 2. The molecule has 50 heavy (non-hydrogen) atoms. The first-order valence-electron chi connectivity index (χ1n) is 16.1. The van der Waals surface area contributed by atoms with Crippen LogP contribution in [-0.2, 0) is 27.2 Å². The van der Waals surface area contributed by atoms with Gasteiger partial charge >= 0.3 is 28.8 Å². The van der Waals surface area contributed by atoms with Crippen LogP contribution in [0, 0.1) is 0 Å². The number of amides is 1. The zero-order valence-corrected chi connectivity index (χ0v) is 28.6. The van der Waals surface area contributed by atoms with E-state index in [9.17, 15) is 50.6 Å². The van der Waals surface area contributed by atoms with Crippen molar-refractivity contribution in [1.82, 2.24) is 20.5 Å². The van der Waals surface area contributed by atoms with Gasteiger partial charge in [0.05, 0.1) is 4.70 Å². The SMILES string of the molecule is O=C(C(=O)C(F)(F)F)C(F)(F)F.O=C(CCNCCc1ccc(Cl)cc1)N(CCNCCc1ccc(O)c2[nH]c(=O)sc12)C1CCCCCC1. The highest BCUT2D eigenvalue weighted by atomic mass is 35.5. The number of aromatic nitrogens is 1. The molecule has 9 nitrogen and oxygen atoms in total. The Morgan fingerprint density at radius 1 is 0.840 bits per heavy atom. The number of halogens is 7. The predicted molar refractivity (Wildman–Crippen MR) is 179 cm³/mol. The number of phenols is 1. The van der Waals surface area contributed by atoms with Gasteiger partial charge in [0.2, 0.25) is 5.91 Å². The summed E-state index contributed by atoms with van der Waals surface area (Å²) in [5.41, 5.74) is 2.79. The summed E-state index contributed by atoms with van der Waals surface area (Å²) in [5.74, 6) is -6.48. The van der Waals surface area contributed by atoms with Gasteiger partial charge in [-0.05, 0) is 68.1 Å². The molecule has 1 heterocycles. The molecule has 1 aromatic heterocycles. The third-order valence-corrected chi connectivity index (χ3v) is 9.28. The minimum Gasteiger partial charge on any atom is -0.506 e. The Balaban J connectivity index is 0.000000482. The maximum atomic E-state index is 13.3. The second-order valence-corrected chi connectivity index (χ2v) is 13.1. The Morgan fingerprint density at radius 2 is 1.42 bits per heavy atom. The van der Waals surface area contributed by atoms with E-state index in [0.717, 1.165) is 71.9 Å². The van der Waals surface area contributed by atoms with Crippen LogP contribution in [0.5, 0.6) is 5.75 Å². The number of hydrogen-bond acceptors (Lipinski definition) is 8. The molecule has 0 atom stereocenters. The first-order valence-corrected chi connectivity index (χ1v) is 17.3. The number of ketones is 2. The highest BCUT2D eigenvalue weighted by Gasteiger charge is 2.54. The normalized spacial score (nSPS) is 14.1. The molecule has 3 aromatic rings. The van der Waals surface area contributed by atoms with E-state index in [0.29, 0.717) is 31.1 Å². The summed E-state index contributed by atoms with van der Waals surface area (Å²) >= 11 is 7.09. The van der Waals surface area contributed by atoms with Crippen molar-refractivity contribution in [3.8, 4) is 5.75 Å². The summed E-state index contributed by atoms with van der Waals surface area (Å²) in [5, 5.41) is 17.7. The average molecular weight is 753 g/mol. The van der Waals surface area contributed by atoms with Crippen molar-refractivity contribution < 1.29 is 45.8 Å². The minimum atomic E-state index is -5.77. The van der Waals surface area contributed by atoms with Gasteiger partial charge in [0.25, 0.3) is 0 Å². The molecule has 4 N–H and O–H groups in total. The van der Waals surface area contributed by atoms with Crippen LogP contribution in [0.3, 0.4) is 0 Å². The van der Waals surface area contributed by atoms with Crippen LogP contribution in [0.1, 0.15) is 56.1 Å². The molecule has 276 valence electrons. The van der Waals surface area contributed by atoms with E-state index >= 15 is 0 Å². The van der Waals surface area contributed by atoms with Gasteiger partial charge in [0.15, 0.2) is 0 Å². The topological polar surface area (TPSA) is 132 Å². The number of phenolic OH excluding ortho intramolecular Hbond substituents is 1. The smallest absolute Gasteiger partial charge is 0.458 e. The molecule has 2 aromatic carbocycles. The molecule has 0 spiro atoms. The van der Waals surface area contributed by atoms with E-state index in [1.165, 1.54) is 31.2 Å². The lowest BCUT2D eigenvalue weighted by Crippen LogP contribution is -2.45. The second kappa shape index (κ2) is 19.2. The van der Waals surface area contributed by atoms with Crippen LogP contribution in [0.4, 0.5) is 26.3 Å². The number of carbonyl (C=O) groups excluding carboxylic acids is 3. The van der Waals surface area contributed by atoms with Gasteiger partial charge in [-0.3, -0.25) is 19.2 Å². The molecule has 1 amide bonds. The average Bonchev–Trinajstić information content (AvgIpc) is 3.26. The number of nitrogens with one attached hydrogen (secondary N) is 3. The number of rotatable bonds is 14. The molecule has 0 unspecified atom stereocenters. The van der Waals surface area contributed by atoms with Crippen molar-refractivity contribution in [1.29, 1.82) is 0 Å². The van der Waals surface area contributed by atoms with E-state index in [1.54, 1.807) is 6.07 Å². The maximum Gasteiger partial charge on any atom is 0.458 e. The van der Waals surface area contributed by atoms with Gasteiger partial charge in [-0.15, -0.1) is 0 Å². The van der Waals surface area contributed by atoms with Crippen LogP contribution in [0.25, 0.3) is 10.2 Å². The van der Waals surface area contributed by atoms with Gasteiger partial charge in [-0.1, -0.05) is 66.8 Å². The summed E-state index contributed by atoms with van der Waals surface area (Å²) in [4.78, 5) is 48.9. The van der Waals surface area contributed by atoms with Gasteiger partial charge in [-0.25, -0.2) is 0 Å². The molecule has 1 aliphatic carbocycles. The van der Waals surface area contributed by atoms with E-state index in [2.05, 4.69) is 20.5 Å². The molecule has 17 heteroatoms. The van der Waals surface area contributed by atoms with Crippen molar-refractivity contribution >= 4 is 50.6 Å². The standard InChI is InChI=1S/C29H39ClN4O3S.C4F6O2/c30-23-10-7-21(8-11-23)13-16-31-18-15-26(36)34(24-5-3-1-2-4-6-24)20-19-32-17-14-22-9-12-25(35)27-28(22)38-29(37)33-27;5-3(6,7)1(11)2(12)4(8,9)10/h7-12,24,31-32,35H,1-6,13-20H2,(H,33,37);. The lowest BCUT2D eigenvalue weighted by atomic mass is 10.1. The zero-order chi connectivity index (χ0) is 36.9. The lowest BCUT2D eigenvalue weighted by molar-refractivity contribution is -0.193. The molecule has 0 saturated heterocycles. The second-order valence-electron chi connectivity index (χ2n) is 11.7. The van der Waals surface area contributed by atoms with Crippen LogP contribution in [0.2, 0.25) is 5.02 Å². The van der Waals surface area contributed by atoms with Gasteiger partial charge in [0.1, 0.15) is 11.3 Å². The molecule has 0 bridgehead atoms. The monoisotopic (exact) mass is 752 g/mol. The first-order chi connectivity index (χ1) is 23.6. The molecule has 0 aliphatic heterocycles. The third kappa shape index (κ3) is 13.0. The Kier molecular flexibility index (Phi) is 15.7. The number of fused-ring (bicyclic) bond motifs is 1. The van der Waals surface area contributed by atoms with E-state index < -0.39 is 23.9 Å². The summed E-state index contributed by atoms with van der Waals surface area (Å²) in [6.07, 6.45) is -2.29. The van der Waals surface area contributed by atoms with E-state index in [4.69, 9.17) is 11.6 Å². The van der Waals surface area contributed by atoms with Crippen molar-refractivity contribution in [2.24, 2.45) is 0 Å². The number of thiazole rings is 1. The first kappa shape index (κ1) is 41.0. The molecule has 4 rings (SSSR count). The lowest BCUT2D eigenvalue weighted by Gasteiger charge is -2.32. The van der Waals surface area contributed by atoms with Crippen LogP contribution >= 0.6 is 22.9 Å². The molecule has 1 aliphatic rings. The number of carbonyl (C=O) groups is 3. The number of nitrogens with zero attached hydrogens (tertiary/aromatic N) is 1. The number of Topliss-reactive ketones (excluding diaryl/α,β-unsaturated/α-hetero) is 2. The Morgan fingerprint density at radius 3 is 2.02 bits per heavy atom. The maximum absolute atomic E-state index is 13.3. The summed E-state index contributed by atoms with van der Waals surface area (Å²) in [6.45, 7) is 3.69. The van der Waals surface area contributed by atoms with Crippen molar-refractivity contribution in [2.45, 2.75) is 76.2 Å². The van der Waals surface area contributed by atoms with Crippen LogP contribution in [-0.4, -0.2) is 83.6 Å². The number of aromatic hydroxyl groups is 1. The van der Waals surface area contributed by atoms with Crippen molar-refractivity contribution in [3.63, 3.8) is 0 Å². The van der Waals surface area contributed by atoms with Crippen molar-refractivity contribution in [2.75, 3.05) is 32.7 Å². The number of aromatic amines is 1. The van der Waals surface area contributed by atoms with Crippen LogP contribution in [0.15, 0.2) is 41.2 Å². The molecule has 0 radical (unpaired) electrons. The largest absolute Gasteiger partial charge is 0.506 e. The highest BCUT2D eigenvalue weighted by Crippen LogP contribution is 2.28. The van der Waals surface area contributed by atoms with Gasteiger partial charge in [-0.2, -0.15) is 26.3 Å². The molecule has 1 saturated carbocycles. The van der Waals surface area contributed by atoms with E-state index in [-0.39, 0.29) is 16.5 Å². The molecular weight excluding hydrogens is 714 g/mol. The molecular formula is C33H39ClF6N4O5S. The summed E-state index contributed by atoms with van der Waals surface area (Å²) in [7, 11) is 0. The fourth-order valence-corrected chi connectivity index (χ4v) is 6.53. The fraction of sp³-hybridized carbons (Fsp3) is 0.515. The Hall–Kier alpha value is -3.47. The third-order valence-electron chi connectivity index (χ3n) is 8.07. The fourth-order valence-electron chi connectivity index (χ4n) is 5.50. The molecule has 1 fully saturated rings. The Bertz CT molecular complexity index is 1600. The minimum absolute atomic E-state index is 0.104. The van der Waals surface area contributed by atoms with Crippen LogP contribution < -0.4 is 15.5 Å². The van der Waals surface area contributed by atoms with Gasteiger partial charge in [0, 0.05) is 37.1 Å². The quantitative estimate of drug-likeness (QED) is 0.0678.